The van der Waals surface area contributed by atoms with Gasteiger partial charge in [-0.05, 0) is 24.1 Å². The summed E-state index contributed by atoms with van der Waals surface area (Å²) in [5.41, 5.74) is 0.792. The monoisotopic (exact) mass is 406 g/mol. The molecule has 0 saturated carbocycles. The molecule has 8 nitrogen and oxygen atoms in total. The predicted molar refractivity (Wildman–Crippen MR) is 102 cm³/mol. The maximum Gasteiger partial charge on any atom is 0.269 e. The molecule has 2 unspecified atom stereocenters. The smallest absolute Gasteiger partial charge is 0.269 e. The lowest BCUT2D eigenvalue weighted by atomic mass is 10.1. The van der Waals surface area contributed by atoms with Gasteiger partial charge in [0.1, 0.15) is 0 Å². The van der Waals surface area contributed by atoms with Crippen LogP contribution in [0.15, 0.2) is 59.5 Å². The highest BCUT2D eigenvalue weighted by Gasteiger charge is 2.32. The number of hydrogen-bond acceptors (Lipinski definition) is 6. The minimum atomic E-state index is -3.85. The summed E-state index contributed by atoms with van der Waals surface area (Å²) < 4.78 is 33.1. The fraction of sp³-hybridized carbons (Fsp3) is 0.368. The molecule has 0 amide bonds. The van der Waals surface area contributed by atoms with Crippen LogP contribution in [-0.2, 0) is 21.4 Å². The lowest BCUT2D eigenvalue weighted by molar-refractivity contribution is -0.384. The maximum absolute atomic E-state index is 13.0. The predicted octanol–water partition coefficient (Wildman–Crippen LogP) is 2.33. The van der Waals surface area contributed by atoms with E-state index in [1.165, 1.54) is 28.6 Å². The van der Waals surface area contributed by atoms with Crippen LogP contribution >= 0.6 is 0 Å². The maximum atomic E-state index is 13.0. The van der Waals surface area contributed by atoms with E-state index in [0.29, 0.717) is 19.4 Å². The fourth-order valence-corrected chi connectivity index (χ4v) is 4.61. The van der Waals surface area contributed by atoms with Crippen LogP contribution in [-0.4, -0.2) is 48.1 Å². The van der Waals surface area contributed by atoms with Crippen molar-refractivity contribution >= 4 is 15.7 Å². The Morgan fingerprint density at radius 3 is 2.46 bits per heavy atom. The van der Waals surface area contributed by atoms with Crippen molar-refractivity contribution in [2.75, 3.05) is 13.1 Å². The second-order valence-electron chi connectivity index (χ2n) is 6.71. The number of nitro groups is 1. The van der Waals surface area contributed by atoms with Crippen LogP contribution in [0.3, 0.4) is 0 Å². The first-order valence-electron chi connectivity index (χ1n) is 8.94. The molecule has 0 aromatic heterocycles. The number of hydrogen-bond donors (Lipinski definition) is 1. The third kappa shape index (κ3) is 4.93. The van der Waals surface area contributed by atoms with Crippen LogP contribution in [0.2, 0.25) is 0 Å². The van der Waals surface area contributed by atoms with Crippen molar-refractivity contribution in [2.24, 2.45) is 0 Å². The quantitative estimate of drug-likeness (QED) is 0.582. The molecule has 9 heteroatoms. The van der Waals surface area contributed by atoms with Gasteiger partial charge in [-0.1, -0.05) is 30.3 Å². The fourth-order valence-electron chi connectivity index (χ4n) is 3.12. The number of sulfonamides is 1. The summed E-state index contributed by atoms with van der Waals surface area (Å²) in [5.74, 6) is 0. The van der Waals surface area contributed by atoms with E-state index in [-0.39, 0.29) is 23.7 Å². The van der Waals surface area contributed by atoms with Gasteiger partial charge in [-0.3, -0.25) is 10.1 Å². The summed E-state index contributed by atoms with van der Waals surface area (Å²) in [7, 11) is -3.85. The lowest BCUT2D eigenvalue weighted by Crippen LogP contribution is -2.37. The molecule has 1 saturated heterocycles. The van der Waals surface area contributed by atoms with E-state index in [2.05, 4.69) is 0 Å². The lowest BCUT2D eigenvalue weighted by Gasteiger charge is -2.24. The van der Waals surface area contributed by atoms with Gasteiger partial charge in [0.25, 0.3) is 5.69 Å². The molecule has 0 radical (unpaired) electrons. The Morgan fingerprint density at radius 1 is 1.14 bits per heavy atom. The second kappa shape index (κ2) is 8.78. The van der Waals surface area contributed by atoms with Crippen molar-refractivity contribution in [3.8, 4) is 0 Å². The second-order valence-corrected chi connectivity index (χ2v) is 8.65. The largest absolute Gasteiger partial charge is 0.393 e. The molecule has 2 aromatic rings. The van der Waals surface area contributed by atoms with Crippen molar-refractivity contribution in [1.29, 1.82) is 0 Å². The summed E-state index contributed by atoms with van der Waals surface area (Å²) in [4.78, 5) is 10.2. The van der Waals surface area contributed by atoms with Gasteiger partial charge in [0, 0.05) is 31.6 Å². The third-order valence-electron chi connectivity index (χ3n) is 4.67. The standard InChI is InChI=1S/C19H22N2O6S/c22-17-10-11-20(13-18(12-17)27-14-15-4-2-1-3-5-15)28(25,26)19-8-6-16(7-9-19)21(23)24/h1-9,17-18,22H,10-14H2. The van der Waals surface area contributed by atoms with Gasteiger partial charge in [-0.15, -0.1) is 0 Å². The summed E-state index contributed by atoms with van der Waals surface area (Å²) in [6.45, 7) is 0.596. The normalized spacial score (nSPS) is 21.2. The molecule has 2 atom stereocenters. The van der Waals surface area contributed by atoms with Crippen molar-refractivity contribution in [3.63, 3.8) is 0 Å². The minimum absolute atomic E-state index is 0.0173. The number of benzene rings is 2. The molecular formula is C19H22N2O6S. The van der Waals surface area contributed by atoms with Gasteiger partial charge in [0.15, 0.2) is 0 Å². The van der Waals surface area contributed by atoms with Gasteiger partial charge >= 0.3 is 0 Å². The Balaban J connectivity index is 1.74. The first kappa shape index (κ1) is 20.4. The van der Waals surface area contributed by atoms with Gasteiger partial charge in [0.05, 0.1) is 28.6 Å². The average molecular weight is 406 g/mol. The van der Waals surface area contributed by atoms with Crippen LogP contribution < -0.4 is 0 Å². The average Bonchev–Trinajstić information content (AvgIpc) is 2.89. The van der Waals surface area contributed by atoms with E-state index in [9.17, 15) is 23.6 Å². The SMILES string of the molecule is O=[N+]([O-])c1ccc(S(=O)(=O)N2CCC(O)CC(OCc3ccccc3)C2)cc1. The van der Waals surface area contributed by atoms with E-state index in [1.54, 1.807) is 0 Å². The summed E-state index contributed by atoms with van der Waals surface area (Å²) in [6.07, 6.45) is -0.459. The molecular weight excluding hydrogens is 384 g/mol. The molecule has 1 N–H and O–H groups in total. The molecule has 28 heavy (non-hydrogen) atoms. The zero-order valence-electron chi connectivity index (χ0n) is 15.2. The Labute approximate surface area is 163 Å². The Morgan fingerprint density at radius 2 is 1.82 bits per heavy atom. The van der Waals surface area contributed by atoms with Crippen molar-refractivity contribution < 1.29 is 23.2 Å². The minimum Gasteiger partial charge on any atom is -0.393 e. The number of rotatable bonds is 6. The highest BCUT2D eigenvalue weighted by atomic mass is 32.2. The van der Waals surface area contributed by atoms with Gasteiger partial charge in [0.2, 0.25) is 10.0 Å². The number of non-ortho nitro benzene ring substituents is 1. The van der Waals surface area contributed by atoms with E-state index < -0.39 is 27.2 Å². The number of aliphatic hydroxyl groups is 1. The molecule has 0 spiro atoms. The van der Waals surface area contributed by atoms with Crippen molar-refractivity contribution in [3.05, 3.63) is 70.3 Å². The van der Waals surface area contributed by atoms with Crippen molar-refractivity contribution in [1.82, 2.24) is 4.31 Å². The zero-order valence-corrected chi connectivity index (χ0v) is 16.0. The number of aliphatic hydroxyl groups excluding tert-OH is 1. The highest BCUT2D eigenvalue weighted by molar-refractivity contribution is 7.89. The van der Waals surface area contributed by atoms with Crippen LogP contribution in [0.4, 0.5) is 5.69 Å². The number of ether oxygens (including phenoxy) is 1. The Bertz CT molecular complexity index is 902. The topological polar surface area (TPSA) is 110 Å². The molecule has 1 fully saturated rings. The first-order chi connectivity index (χ1) is 13.4. The number of nitro benzene ring substituents is 1. The van der Waals surface area contributed by atoms with Gasteiger partial charge in [-0.25, -0.2) is 8.42 Å². The third-order valence-corrected chi connectivity index (χ3v) is 6.55. The van der Waals surface area contributed by atoms with E-state index >= 15 is 0 Å². The van der Waals surface area contributed by atoms with E-state index in [0.717, 1.165) is 5.56 Å². The Hall–Kier alpha value is -2.33. The molecule has 0 bridgehead atoms. The van der Waals surface area contributed by atoms with Crippen molar-refractivity contribution in [2.45, 2.75) is 36.6 Å². The molecule has 3 rings (SSSR count). The first-order valence-corrected chi connectivity index (χ1v) is 10.4. The summed E-state index contributed by atoms with van der Waals surface area (Å²) in [5, 5.41) is 20.9. The van der Waals surface area contributed by atoms with Crippen LogP contribution in [0.1, 0.15) is 18.4 Å². The summed E-state index contributed by atoms with van der Waals surface area (Å²) >= 11 is 0. The molecule has 2 aromatic carbocycles. The molecule has 1 aliphatic heterocycles. The molecule has 1 aliphatic rings. The van der Waals surface area contributed by atoms with E-state index in [4.69, 9.17) is 4.74 Å². The van der Waals surface area contributed by atoms with Gasteiger partial charge in [-0.2, -0.15) is 4.31 Å². The van der Waals surface area contributed by atoms with Crippen LogP contribution in [0, 0.1) is 10.1 Å². The van der Waals surface area contributed by atoms with Gasteiger partial charge < -0.3 is 9.84 Å². The summed E-state index contributed by atoms with van der Waals surface area (Å²) in [6, 6.07) is 14.3. The number of nitrogens with zero attached hydrogens (tertiary/aromatic N) is 2. The molecule has 0 aliphatic carbocycles. The van der Waals surface area contributed by atoms with Crippen LogP contribution in [0.25, 0.3) is 0 Å². The Kier molecular flexibility index (Phi) is 6.40. The van der Waals surface area contributed by atoms with E-state index in [1.807, 2.05) is 30.3 Å². The van der Waals surface area contributed by atoms with Crippen LogP contribution in [0.5, 0.6) is 0 Å². The highest BCUT2D eigenvalue weighted by Crippen LogP contribution is 2.24. The molecule has 150 valence electrons. The molecule has 1 heterocycles. The zero-order chi connectivity index (χ0) is 20.1.